The van der Waals surface area contributed by atoms with Crippen molar-refractivity contribution >= 4 is 17.4 Å². The highest BCUT2D eigenvalue weighted by Crippen LogP contribution is 2.39. The SMILES string of the molecule is CC1CN2CCCCC2CN1c1cc(Cl)nc(C2CC2)n1. The molecule has 1 aromatic rings. The van der Waals surface area contributed by atoms with Crippen LogP contribution in [0, 0.1) is 0 Å². The smallest absolute Gasteiger partial charge is 0.135 e. The summed E-state index contributed by atoms with van der Waals surface area (Å²) in [5, 5.41) is 0.597. The summed E-state index contributed by atoms with van der Waals surface area (Å²) in [6, 6.07) is 3.13. The highest BCUT2D eigenvalue weighted by Gasteiger charge is 2.34. The van der Waals surface area contributed by atoms with Gasteiger partial charge in [-0.1, -0.05) is 18.0 Å². The summed E-state index contributed by atoms with van der Waals surface area (Å²) >= 11 is 6.24. The molecule has 2 atom stereocenters. The van der Waals surface area contributed by atoms with E-state index in [1.165, 1.54) is 38.6 Å². The van der Waals surface area contributed by atoms with Gasteiger partial charge in [-0.05, 0) is 39.2 Å². The van der Waals surface area contributed by atoms with E-state index >= 15 is 0 Å². The van der Waals surface area contributed by atoms with Crippen LogP contribution in [0.2, 0.25) is 5.15 Å². The van der Waals surface area contributed by atoms with Gasteiger partial charge in [0.15, 0.2) is 0 Å². The van der Waals surface area contributed by atoms with E-state index in [4.69, 9.17) is 16.6 Å². The van der Waals surface area contributed by atoms with Gasteiger partial charge in [-0.25, -0.2) is 9.97 Å². The Bertz CT molecular complexity index is 531. The molecule has 0 aromatic carbocycles. The number of aromatic nitrogens is 2. The minimum absolute atomic E-state index is 0.498. The van der Waals surface area contributed by atoms with Gasteiger partial charge in [-0.2, -0.15) is 0 Å². The molecule has 0 spiro atoms. The van der Waals surface area contributed by atoms with Gasteiger partial charge in [0.25, 0.3) is 0 Å². The van der Waals surface area contributed by atoms with Crippen LogP contribution in [-0.4, -0.2) is 46.6 Å². The zero-order valence-corrected chi connectivity index (χ0v) is 13.4. The van der Waals surface area contributed by atoms with Crippen LogP contribution in [-0.2, 0) is 0 Å². The van der Waals surface area contributed by atoms with E-state index in [1.807, 2.05) is 6.07 Å². The second kappa shape index (κ2) is 5.40. The fraction of sp³-hybridized carbons (Fsp3) is 0.750. The van der Waals surface area contributed by atoms with Crippen LogP contribution < -0.4 is 4.90 Å². The first-order valence-electron chi connectivity index (χ1n) is 8.26. The van der Waals surface area contributed by atoms with Crippen LogP contribution in [0.4, 0.5) is 5.82 Å². The standard InChI is InChI=1S/C16H23ClN4/c1-11-9-20-7-3-2-4-13(20)10-21(11)15-8-14(17)18-16(19-15)12-5-6-12/h8,11-13H,2-7,9-10H2,1H3. The van der Waals surface area contributed by atoms with E-state index in [2.05, 4.69) is 21.7 Å². The molecule has 3 heterocycles. The molecule has 2 unspecified atom stereocenters. The summed E-state index contributed by atoms with van der Waals surface area (Å²) < 4.78 is 0. The van der Waals surface area contributed by atoms with Gasteiger partial charge in [-0.15, -0.1) is 0 Å². The average molecular weight is 307 g/mol. The number of piperidine rings is 1. The molecule has 4 nitrogen and oxygen atoms in total. The van der Waals surface area contributed by atoms with Crippen molar-refractivity contribution in [1.29, 1.82) is 0 Å². The summed E-state index contributed by atoms with van der Waals surface area (Å²) in [4.78, 5) is 14.3. The van der Waals surface area contributed by atoms with Gasteiger partial charge in [0, 0.05) is 37.2 Å². The van der Waals surface area contributed by atoms with Crippen molar-refractivity contribution in [1.82, 2.24) is 14.9 Å². The number of hydrogen-bond donors (Lipinski definition) is 0. The van der Waals surface area contributed by atoms with Gasteiger partial charge in [-0.3, -0.25) is 4.90 Å². The van der Waals surface area contributed by atoms with Crippen LogP contribution in [0.15, 0.2) is 6.07 Å². The Balaban J connectivity index is 1.59. The van der Waals surface area contributed by atoms with Crippen LogP contribution in [0.3, 0.4) is 0 Å². The summed E-state index contributed by atoms with van der Waals surface area (Å²) in [5.74, 6) is 2.54. The molecule has 3 fully saturated rings. The van der Waals surface area contributed by atoms with E-state index in [1.54, 1.807) is 0 Å². The topological polar surface area (TPSA) is 32.3 Å². The van der Waals surface area contributed by atoms with Crippen molar-refractivity contribution in [3.63, 3.8) is 0 Å². The largest absolute Gasteiger partial charge is 0.351 e. The molecule has 0 radical (unpaired) electrons. The maximum absolute atomic E-state index is 6.24. The van der Waals surface area contributed by atoms with Crippen LogP contribution >= 0.6 is 11.6 Å². The zero-order valence-electron chi connectivity index (χ0n) is 12.6. The van der Waals surface area contributed by atoms with E-state index in [0.717, 1.165) is 24.7 Å². The highest BCUT2D eigenvalue weighted by atomic mass is 35.5. The number of anilines is 1. The lowest BCUT2D eigenvalue weighted by Crippen LogP contribution is -2.59. The van der Waals surface area contributed by atoms with Crippen molar-refractivity contribution < 1.29 is 0 Å². The van der Waals surface area contributed by atoms with Crippen molar-refractivity contribution in [2.24, 2.45) is 0 Å². The molecule has 0 N–H and O–H groups in total. The molecule has 1 aromatic heterocycles. The minimum atomic E-state index is 0.498. The summed E-state index contributed by atoms with van der Waals surface area (Å²) in [6.45, 7) is 5.79. The molecule has 0 amide bonds. The number of fused-ring (bicyclic) bond motifs is 1. The Kier molecular flexibility index (Phi) is 3.54. The molecule has 21 heavy (non-hydrogen) atoms. The number of rotatable bonds is 2. The minimum Gasteiger partial charge on any atom is -0.351 e. The number of nitrogens with zero attached hydrogens (tertiary/aromatic N) is 4. The van der Waals surface area contributed by atoms with Gasteiger partial charge < -0.3 is 4.90 Å². The van der Waals surface area contributed by atoms with Crippen molar-refractivity contribution in [2.45, 2.75) is 57.0 Å². The average Bonchev–Trinajstić information content (AvgIpc) is 3.30. The first-order valence-corrected chi connectivity index (χ1v) is 8.63. The number of halogens is 1. The lowest BCUT2D eigenvalue weighted by Gasteiger charge is -2.48. The second-order valence-corrected chi connectivity index (χ2v) is 7.21. The molecular weight excluding hydrogens is 284 g/mol. The van der Waals surface area contributed by atoms with E-state index in [9.17, 15) is 0 Å². The molecule has 1 aliphatic carbocycles. The fourth-order valence-electron chi connectivity index (χ4n) is 3.77. The molecule has 5 heteroatoms. The zero-order chi connectivity index (χ0) is 14.4. The molecule has 114 valence electrons. The van der Waals surface area contributed by atoms with E-state index in [0.29, 0.717) is 23.2 Å². The monoisotopic (exact) mass is 306 g/mol. The van der Waals surface area contributed by atoms with Crippen LogP contribution in [0.25, 0.3) is 0 Å². The Morgan fingerprint density at radius 2 is 2.00 bits per heavy atom. The lowest BCUT2D eigenvalue weighted by molar-refractivity contribution is 0.115. The van der Waals surface area contributed by atoms with Gasteiger partial charge >= 0.3 is 0 Å². The normalized spacial score (nSPS) is 30.3. The quantitative estimate of drug-likeness (QED) is 0.786. The van der Waals surface area contributed by atoms with Crippen molar-refractivity contribution in [3.05, 3.63) is 17.0 Å². The highest BCUT2D eigenvalue weighted by molar-refractivity contribution is 6.29. The van der Waals surface area contributed by atoms with Gasteiger partial charge in [0.2, 0.25) is 0 Å². The molecule has 0 bridgehead atoms. The molecule has 2 aliphatic heterocycles. The predicted octanol–water partition coefficient (Wildman–Crippen LogP) is 3.07. The predicted molar refractivity (Wildman–Crippen MR) is 85.0 cm³/mol. The summed E-state index contributed by atoms with van der Waals surface area (Å²) in [6.07, 6.45) is 6.46. The van der Waals surface area contributed by atoms with Crippen molar-refractivity contribution in [3.8, 4) is 0 Å². The van der Waals surface area contributed by atoms with Crippen molar-refractivity contribution in [2.75, 3.05) is 24.5 Å². The Morgan fingerprint density at radius 3 is 2.81 bits per heavy atom. The fourth-order valence-corrected chi connectivity index (χ4v) is 3.95. The summed E-state index contributed by atoms with van der Waals surface area (Å²) in [5.41, 5.74) is 0. The first-order chi connectivity index (χ1) is 10.2. The third kappa shape index (κ3) is 2.76. The molecule has 3 aliphatic rings. The third-order valence-corrected chi connectivity index (χ3v) is 5.32. The molecule has 1 saturated carbocycles. The Morgan fingerprint density at radius 1 is 1.14 bits per heavy atom. The van der Waals surface area contributed by atoms with Crippen LogP contribution in [0.1, 0.15) is 50.8 Å². The Labute approximate surface area is 131 Å². The maximum atomic E-state index is 6.24. The van der Waals surface area contributed by atoms with E-state index in [-0.39, 0.29) is 0 Å². The van der Waals surface area contributed by atoms with E-state index < -0.39 is 0 Å². The number of hydrogen-bond acceptors (Lipinski definition) is 4. The third-order valence-electron chi connectivity index (χ3n) is 5.12. The summed E-state index contributed by atoms with van der Waals surface area (Å²) in [7, 11) is 0. The Hall–Kier alpha value is -0.870. The number of piperazine rings is 1. The lowest BCUT2D eigenvalue weighted by atomic mass is 9.97. The second-order valence-electron chi connectivity index (χ2n) is 6.83. The molecular formula is C16H23ClN4. The van der Waals surface area contributed by atoms with Gasteiger partial charge in [0.1, 0.15) is 16.8 Å². The van der Waals surface area contributed by atoms with Gasteiger partial charge in [0.05, 0.1) is 0 Å². The maximum Gasteiger partial charge on any atom is 0.135 e. The molecule has 4 rings (SSSR count). The van der Waals surface area contributed by atoms with Crippen LogP contribution in [0.5, 0.6) is 0 Å². The first kappa shape index (κ1) is 13.8. The molecule has 2 saturated heterocycles.